The third kappa shape index (κ3) is 5.78. The molecule has 3 rings (SSSR count). The number of aromatic nitrogens is 4. The normalized spacial score (nSPS) is 10.6. The number of aryl methyl sites for hydroxylation is 3. The molecule has 0 aliphatic heterocycles. The lowest BCUT2D eigenvalue weighted by molar-refractivity contribution is -0.113. The number of nitrogens with one attached hydrogen (secondary N) is 2. The quantitative estimate of drug-likeness (QED) is 0.638. The highest BCUT2D eigenvalue weighted by Gasteiger charge is 2.10. The molecule has 27 heavy (non-hydrogen) atoms. The van der Waals surface area contributed by atoms with E-state index in [9.17, 15) is 4.79 Å². The fourth-order valence-electron chi connectivity index (χ4n) is 2.40. The lowest BCUT2D eigenvalue weighted by atomic mass is 10.2. The molecule has 0 atom stereocenters. The van der Waals surface area contributed by atoms with Crippen molar-refractivity contribution < 1.29 is 9.32 Å². The number of hydrogen-bond acceptors (Lipinski definition) is 8. The lowest BCUT2D eigenvalue weighted by Gasteiger charge is -2.05. The number of anilines is 3. The van der Waals surface area contributed by atoms with Gasteiger partial charge in [-0.2, -0.15) is 4.98 Å². The molecule has 0 radical (unpaired) electrons. The van der Waals surface area contributed by atoms with E-state index < -0.39 is 0 Å². The van der Waals surface area contributed by atoms with Gasteiger partial charge >= 0.3 is 0 Å². The first-order valence-corrected chi connectivity index (χ1v) is 9.49. The van der Waals surface area contributed by atoms with Gasteiger partial charge in [-0.25, -0.2) is 9.97 Å². The Hall–Kier alpha value is -2.94. The van der Waals surface area contributed by atoms with Crippen LogP contribution in [-0.4, -0.2) is 31.8 Å². The number of benzene rings is 1. The van der Waals surface area contributed by atoms with Crippen molar-refractivity contribution in [2.24, 2.45) is 0 Å². The fourth-order valence-corrected chi connectivity index (χ4v) is 3.05. The summed E-state index contributed by atoms with van der Waals surface area (Å²) < 4.78 is 5.18. The van der Waals surface area contributed by atoms with E-state index in [-0.39, 0.29) is 5.91 Å². The van der Waals surface area contributed by atoms with Gasteiger partial charge in [-0.05, 0) is 49.7 Å². The predicted octanol–water partition coefficient (Wildman–Crippen LogP) is 3.40. The molecule has 0 saturated carbocycles. The summed E-state index contributed by atoms with van der Waals surface area (Å²) in [5.41, 5.74) is 3.59. The van der Waals surface area contributed by atoms with Gasteiger partial charge in [0.25, 0.3) is 5.95 Å². The van der Waals surface area contributed by atoms with Crippen molar-refractivity contribution in [1.82, 2.24) is 20.1 Å². The van der Waals surface area contributed by atoms with Gasteiger partial charge < -0.3 is 9.84 Å². The van der Waals surface area contributed by atoms with Crippen LogP contribution in [0, 0.1) is 20.8 Å². The molecular formula is C18H20N6O2S. The zero-order valence-electron chi connectivity index (χ0n) is 15.3. The van der Waals surface area contributed by atoms with Gasteiger partial charge in [-0.1, -0.05) is 12.1 Å². The molecule has 2 N–H and O–H groups in total. The molecule has 0 spiro atoms. The van der Waals surface area contributed by atoms with Crippen LogP contribution in [0.1, 0.15) is 22.8 Å². The molecule has 0 aliphatic rings. The molecule has 0 saturated heterocycles. The largest absolute Gasteiger partial charge is 0.336 e. The van der Waals surface area contributed by atoms with E-state index in [1.165, 1.54) is 11.8 Å². The first-order valence-electron chi connectivity index (χ1n) is 8.34. The van der Waals surface area contributed by atoms with Crippen LogP contribution in [-0.2, 0) is 10.5 Å². The van der Waals surface area contributed by atoms with E-state index >= 15 is 0 Å². The Bertz CT molecular complexity index is 923. The topological polar surface area (TPSA) is 106 Å². The third-order valence-corrected chi connectivity index (χ3v) is 4.35. The minimum Gasteiger partial charge on any atom is -0.336 e. The number of nitrogens with zero attached hydrogens (tertiary/aromatic N) is 4. The minimum atomic E-state index is -0.0768. The monoisotopic (exact) mass is 384 g/mol. The molecule has 0 fully saturated rings. The molecule has 0 bridgehead atoms. The molecule has 8 nitrogen and oxygen atoms in total. The first-order chi connectivity index (χ1) is 13.0. The zero-order valence-corrected chi connectivity index (χ0v) is 16.1. The number of carbonyl (C=O) groups is 1. The standard InChI is InChI=1S/C18H20N6O2S/c1-11-5-4-6-14(7-11)21-15(25)9-27-10-16-22-18(24-26-16)23-17-19-12(2)8-13(3)20-17/h4-8H,9-10H2,1-3H3,(H,21,25)(H,19,20,23,24). The summed E-state index contributed by atoms with van der Waals surface area (Å²) in [5.74, 6) is 1.79. The van der Waals surface area contributed by atoms with Crippen LogP contribution in [0.3, 0.4) is 0 Å². The van der Waals surface area contributed by atoms with Crippen LogP contribution in [0.4, 0.5) is 17.6 Å². The zero-order chi connectivity index (χ0) is 19.2. The molecule has 1 aromatic carbocycles. The van der Waals surface area contributed by atoms with E-state index in [2.05, 4.69) is 30.7 Å². The Morgan fingerprint density at radius 3 is 2.59 bits per heavy atom. The second kappa shape index (κ2) is 8.63. The van der Waals surface area contributed by atoms with Crippen molar-refractivity contribution in [3.05, 3.63) is 53.2 Å². The second-order valence-corrected chi connectivity index (χ2v) is 7.01. The minimum absolute atomic E-state index is 0.0768. The predicted molar refractivity (Wildman–Crippen MR) is 105 cm³/mol. The van der Waals surface area contributed by atoms with Gasteiger partial charge in [0.2, 0.25) is 17.7 Å². The van der Waals surface area contributed by atoms with Crippen LogP contribution in [0.15, 0.2) is 34.9 Å². The van der Waals surface area contributed by atoms with Crippen molar-refractivity contribution in [2.45, 2.75) is 26.5 Å². The molecule has 3 aromatic rings. The summed E-state index contributed by atoms with van der Waals surface area (Å²) in [5, 5.41) is 9.63. The Labute approximate surface area is 161 Å². The smallest absolute Gasteiger partial charge is 0.270 e. The van der Waals surface area contributed by atoms with E-state index in [1.54, 1.807) is 0 Å². The molecular weight excluding hydrogens is 364 g/mol. The van der Waals surface area contributed by atoms with Gasteiger partial charge in [0.05, 0.1) is 11.5 Å². The Kier molecular flexibility index (Phi) is 6.02. The number of thioether (sulfide) groups is 1. The van der Waals surface area contributed by atoms with Crippen molar-refractivity contribution in [3.63, 3.8) is 0 Å². The first kappa shape index (κ1) is 18.8. The SMILES string of the molecule is Cc1cccc(NC(=O)CSCc2nc(Nc3nc(C)cc(C)n3)no2)c1. The van der Waals surface area contributed by atoms with Crippen molar-refractivity contribution >= 4 is 35.3 Å². The highest BCUT2D eigenvalue weighted by atomic mass is 32.2. The van der Waals surface area contributed by atoms with Gasteiger partial charge in [0, 0.05) is 17.1 Å². The summed E-state index contributed by atoms with van der Waals surface area (Å²) in [6, 6.07) is 9.55. The molecule has 0 aliphatic carbocycles. The maximum absolute atomic E-state index is 12.0. The number of hydrogen-bond donors (Lipinski definition) is 2. The molecule has 2 aromatic heterocycles. The Morgan fingerprint density at radius 2 is 1.85 bits per heavy atom. The van der Waals surface area contributed by atoms with Crippen LogP contribution in [0.25, 0.3) is 0 Å². The highest BCUT2D eigenvalue weighted by Crippen LogP contribution is 2.16. The van der Waals surface area contributed by atoms with Gasteiger partial charge in [0.15, 0.2) is 0 Å². The molecule has 0 unspecified atom stereocenters. The summed E-state index contributed by atoms with van der Waals surface area (Å²) >= 11 is 1.40. The van der Waals surface area contributed by atoms with Crippen LogP contribution < -0.4 is 10.6 Å². The van der Waals surface area contributed by atoms with E-state index in [0.29, 0.717) is 29.3 Å². The van der Waals surface area contributed by atoms with Crippen LogP contribution in [0.5, 0.6) is 0 Å². The highest BCUT2D eigenvalue weighted by molar-refractivity contribution is 7.99. The molecule has 2 heterocycles. The van der Waals surface area contributed by atoms with E-state index in [1.807, 2.05) is 51.1 Å². The Balaban J connectivity index is 1.47. The van der Waals surface area contributed by atoms with Crippen molar-refractivity contribution in [3.8, 4) is 0 Å². The molecule has 140 valence electrons. The lowest BCUT2D eigenvalue weighted by Crippen LogP contribution is -2.14. The van der Waals surface area contributed by atoms with Crippen LogP contribution in [0.2, 0.25) is 0 Å². The van der Waals surface area contributed by atoms with E-state index in [0.717, 1.165) is 22.6 Å². The van der Waals surface area contributed by atoms with Crippen LogP contribution >= 0.6 is 11.8 Å². The van der Waals surface area contributed by atoms with Crippen molar-refractivity contribution in [2.75, 3.05) is 16.4 Å². The van der Waals surface area contributed by atoms with Gasteiger partial charge in [-0.3, -0.25) is 10.1 Å². The summed E-state index contributed by atoms with van der Waals surface area (Å²) in [6.45, 7) is 5.76. The summed E-state index contributed by atoms with van der Waals surface area (Å²) in [6.07, 6.45) is 0. The number of amides is 1. The molecule has 9 heteroatoms. The maximum atomic E-state index is 12.0. The molecule has 1 amide bonds. The average molecular weight is 384 g/mol. The van der Waals surface area contributed by atoms with E-state index in [4.69, 9.17) is 4.52 Å². The second-order valence-electron chi connectivity index (χ2n) is 6.02. The summed E-state index contributed by atoms with van der Waals surface area (Å²) in [7, 11) is 0. The van der Waals surface area contributed by atoms with Gasteiger partial charge in [0.1, 0.15) is 0 Å². The van der Waals surface area contributed by atoms with Crippen molar-refractivity contribution in [1.29, 1.82) is 0 Å². The number of rotatable bonds is 7. The average Bonchev–Trinajstić information content (AvgIpc) is 3.01. The number of carbonyl (C=O) groups excluding carboxylic acids is 1. The Morgan fingerprint density at radius 1 is 1.07 bits per heavy atom. The third-order valence-electron chi connectivity index (χ3n) is 3.43. The maximum Gasteiger partial charge on any atom is 0.270 e. The summed E-state index contributed by atoms with van der Waals surface area (Å²) in [4.78, 5) is 24.8. The fraction of sp³-hybridized carbons (Fsp3) is 0.278. The van der Waals surface area contributed by atoms with Gasteiger partial charge in [-0.15, -0.1) is 11.8 Å².